The summed E-state index contributed by atoms with van der Waals surface area (Å²) in [5.41, 5.74) is 4.49. The van der Waals surface area contributed by atoms with Crippen LogP contribution in [-0.4, -0.2) is 49.8 Å². The average molecular weight is 610 g/mol. The molecule has 0 aliphatic heterocycles. The first-order valence-corrected chi connectivity index (χ1v) is 15.1. The number of ether oxygens (including phenoxy) is 2. The molecule has 4 aromatic rings. The zero-order valence-corrected chi connectivity index (χ0v) is 26.5. The molecule has 0 saturated heterocycles. The summed E-state index contributed by atoms with van der Waals surface area (Å²) in [5, 5.41) is 20.8. The summed E-state index contributed by atoms with van der Waals surface area (Å²) in [5.74, 6) is 0.873. The number of aliphatic hydroxyl groups excluding tert-OH is 1. The third kappa shape index (κ3) is 9.41. The van der Waals surface area contributed by atoms with E-state index in [0.29, 0.717) is 17.5 Å². The number of amides is 2. The molecule has 4 rings (SSSR count). The van der Waals surface area contributed by atoms with Gasteiger partial charge in [-0.2, -0.15) is 0 Å². The second-order valence-corrected chi connectivity index (χ2v) is 11.3. The van der Waals surface area contributed by atoms with Gasteiger partial charge in [0, 0.05) is 23.7 Å². The topological polar surface area (TPSA) is 109 Å². The van der Waals surface area contributed by atoms with E-state index in [-0.39, 0.29) is 30.4 Å². The largest absolute Gasteiger partial charge is 0.497 e. The number of carbonyl (C=O) groups is 2. The summed E-state index contributed by atoms with van der Waals surface area (Å²) >= 11 is 0. The van der Waals surface area contributed by atoms with Crippen molar-refractivity contribution in [2.45, 2.75) is 51.4 Å². The number of methoxy groups -OCH3 is 2. The van der Waals surface area contributed by atoms with E-state index in [0.717, 1.165) is 33.8 Å². The minimum absolute atomic E-state index is 0.0308. The zero-order chi connectivity index (χ0) is 32.3. The first-order valence-electron chi connectivity index (χ1n) is 15.1. The fourth-order valence-corrected chi connectivity index (χ4v) is 5.15. The minimum atomic E-state index is -0.882. The Morgan fingerprint density at radius 3 is 1.76 bits per heavy atom. The molecule has 236 valence electrons. The van der Waals surface area contributed by atoms with Crippen molar-refractivity contribution in [3.63, 3.8) is 0 Å². The molecule has 4 N–H and O–H groups in total. The molecule has 4 aromatic carbocycles. The maximum absolute atomic E-state index is 13.6. The molecule has 2 amide bonds. The van der Waals surface area contributed by atoms with Gasteiger partial charge in [0.15, 0.2) is 0 Å². The molecule has 0 aromatic heterocycles. The fraction of sp³-hybridized carbons (Fsp3) is 0.297. The molecular weight excluding hydrogens is 566 g/mol. The van der Waals surface area contributed by atoms with Gasteiger partial charge in [0.2, 0.25) is 0 Å². The number of rotatable bonds is 14. The molecule has 0 unspecified atom stereocenters. The van der Waals surface area contributed by atoms with Gasteiger partial charge < -0.3 is 30.5 Å². The Hall–Kier alpha value is -4.66. The van der Waals surface area contributed by atoms with Crippen LogP contribution in [-0.2, 0) is 6.42 Å². The summed E-state index contributed by atoms with van der Waals surface area (Å²) in [6.07, 6.45) is -0.446. The average Bonchev–Trinajstić information content (AvgIpc) is 3.06. The lowest BCUT2D eigenvalue weighted by Crippen LogP contribution is -2.49. The van der Waals surface area contributed by atoms with Gasteiger partial charge in [-0.15, -0.1) is 0 Å². The van der Waals surface area contributed by atoms with Crippen LogP contribution in [0.2, 0.25) is 0 Å². The van der Waals surface area contributed by atoms with Gasteiger partial charge in [-0.1, -0.05) is 54.6 Å². The van der Waals surface area contributed by atoms with E-state index in [1.54, 1.807) is 32.4 Å². The van der Waals surface area contributed by atoms with E-state index < -0.39 is 12.1 Å². The maximum atomic E-state index is 13.6. The number of benzene rings is 4. The standard InChI is InChI=1S/C37H43N3O5/c1-24-19-30(36(42)39-26(3)29-13-17-33(45-5)18-14-29)22-31(20-24)37(43)40-34(21-27-9-7-6-8-10-27)35(41)23-38-25(2)28-11-15-32(44-4)16-12-28/h6-20,22,25-26,34-35,38,41H,21,23H2,1-5H3,(H,39,42)(H,40,43)/t25-,26-,34+,35-/m1/s1. The SMILES string of the molecule is COc1ccc([C@@H](C)NC[C@@H](O)[C@H](Cc2ccccc2)NC(=O)c2cc(C)cc(C(=O)N[C@H](C)c3ccc(OC)cc3)c2)cc1. The Balaban J connectivity index is 1.46. The first kappa shape index (κ1) is 33.2. The maximum Gasteiger partial charge on any atom is 0.251 e. The molecule has 0 fully saturated rings. The van der Waals surface area contributed by atoms with E-state index in [2.05, 4.69) is 16.0 Å². The van der Waals surface area contributed by atoms with Crippen LogP contribution in [0.15, 0.2) is 97.1 Å². The number of nitrogens with one attached hydrogen (secondary N) is 3. The van der Waals surface area contributed by atoms with Crippen LogP contribution in [0.3, 0.4) is 0 Å². The van der Waals surface area contributed by atoms with Crippen LogP contribution in [0.4, 0.5) is 0 Å². The van der Waals surface area contributed by atoms with E-state index >= 15 is 0 Å². The van der Waals surface area contributed by atoms with Crippen LogP contribution in [0.25, 0.3) is 0 Å². The summed E-state index contributed by atoms with van der Waals surface area (Å²) in [7, 11) is 3.24. The van der Waals surface area contributed by atoms with Crippen LogP contribution >= 0.6 is 0 Å². The third-order valence-corrected chi connectivity index (χ3v) is 7.89. The van der Waals surface area contributed by atoms with Gasteiger partial charge in [0.05, 0.1) is 32.4 Å². The van der Waals surface area contributed by atoms with Crippen molar-refractivity contribution in [3.8, 4) is 11.5 Å². The number of aryl methyl sites for hydroxylation is 1. The molecule has 0 heterocycles. The van der Waals surface area contributed by atoms with E-state index in [1.165, 1.54) is 0 Å². The summed E-state index contributed by atoms with van der Waals surface area (Å²) in [6.45, 7) is 6.04. The predicted octanol–water partition coefficient (Wildman–Crippen LogP) is 5.56. The Kier molecular flexibility index (Phi) is 11.7. The molecule has 0 aliphatic rings. The zero-order valence-electron chi connectivity index (χ0n) is 26.5. The lowest BCUT2D eigenvalue weighted by atomic mass is 9.99. The molecule has 8 heteroatoms. The Bertz CT molecular complexity index is 1540. The van der Waals surface area contributed by atoms with Gasteiger partial charge in [0.25, 0.3) is 11.8 Å². The Labute approximate surface area is 265 Å². The van der Waals surface area contributed by atoms with Crippen molar-refractivity contribution in [2.75, 3.05) is 20.8 Å². The minimum Gasteiger partial charge on any atom is -0.497 e. The highest BCUT2D eigenvalue weighted by Gasteiger charge is 2.24. The predicted molar refractivity (Wildman–Crippen MR) is 177 cm³/mol. The molecule has 0 bridgehead atoms. The van der Waals surface area contributed by atoms with Crippen molar-refractivity contribution in [3.05, 3.63) is 130 Å². The van der Waals surface area contributed by atoms with Crippen LogP contribution in [0, 0.1) is 6.92 Å². The quantitative estimate of drug-likeness (QED) is 0.149. The molecule has 45 heavy (non-hydrogen) atoms. The molecule has 0 spiro atoms. The number of hydrogen-bond acceptors (Lipinski definition) is 6. The molecule has 0 saturated carbocycles. The smallest absolute Gasteiger partial charge is 0.251 e. The highest BCUT2D eigenvalue weighted by Crippen LogP contribution is 2.20. The Morgan fingerprint density at radius 1 is 0.711 bits per heavy atom. The van der Waals surface area contributed by atoms with E-state index in [1.807, 2.05) is 99.6 Å². The lowest BCUT2D eigenvalue weighted by Gasteiger charge is -2.26. The van der Waals surface area contributed by atoms with Crippen molar-refractivity contribution < 1.29 is 24.2 Å². The number of hydrogen-bond donors (Lipinski definition) is 4. The molecule has 0 radical (unpaired) electrons. The van der Waals surface area contributed by atoms with Crippen LogP contribution in [0.1, 0.15) is 68.9 Å². The number of carbonyl (C=O) groups excluding carboxylic acids is 2. The lowest BCUT2D eigenvalue weighted by molar-refractivity contribution is 0.0825. The monoisotopic (exact) mass is 609 g/mol. The van der Waals surface area contributed by atoms with Gasteiger partial charge in [0.1, 0.15) is 11.5 Å². The molecule has 8 nitrogen and oxygen atoms in total. The molecule has 4 atom stereocenters. The summed E-state index contributed by atoms with van der Waals surface area (Å²) in [6, 6.07) is 29.2. The summed E-state index contributed by atoms with van der Waals surface area (Å²) < 4.78 is 10.5. The highest BCUT2D eigenvalue weighted by molar-refractivity contribution is 6.00. The van der Waals surface area contributed by atoms with Crippen LogP contribution < -0.4 is 25.4 Å². The van der Waals surface area contributed by atoms with Crippen molar-refractivity contribution in [1.29, 1.82) is 0 Å². The van der Waals surface area contributed by atoms with E-state index in [9.17, 15) is 14.7 Å². The first-order chi connectivity index (χ1) is 21.7. The second kappa shape index (κ2) is 15.9. The summed E-state index contributed by atoms with van der Waals surface area (Å²) in [4.78, 5) is 26.8. The van der Waals surface area contributed by atoms with Gasteiger partial charge >= 0.3 is 0 Å². The number of aliphatic hydroxyl groups is 1. The van der Waals surface area contributed by atoms with Crippen LogP contribution in [0.5, 0.6) is 11.5 Å². The van der Waals surface area contributed by atoms with Crippen molar-refractivity contribution in [1.82, 2.24) is 16.0 Å². The second-order valence-electron chi connectivity index (χ2n) is 11.3. The molecule has 0 aliphatic carbocycles. The van der Waals surface area contributed by atoms with E-state index in [4.69, 9.17) is 9.47 Å². The van der Waals surface area contributed by atoms with Gasteiger partial charge in [-0.3, -0.25) is 9.59 Å². The Morgan fingerprint density at radius 2 is 1.22 bits per heavy atom. The van der Waals surface area contributed by atoms with Crippen molar-refractivity contribution in [2.24, 2.45) is 0 Å². The molecular formula is C37H43N3O5. The normalized spacial score (nSPS) is 13.6. The highest BCUT2D eigenvalue weighted by atomic mass is 16.5. The van der Waals surface area contributed by atoms with Crippen molar-refractivity contribution >= 4 is 11.8 Å². The van der Waals surface area contributed by atoms with Gasteiger partial charge in [-0.05, 0) is 91.9 Å². The third-order valence-electron chi connectivity index (χ3n) is 7.89. The fourth-order valence-electron chi connectivity index (χ4n) is 5.15. The van der Waals surface area contributed by atoms with Gasteiger partial charge in [-0.25, -0.2) is 0 Å².